The number of carbonyl (C=O) groups is 2. The highest BCUT2D eigenvalue weighted by atomic mass is 35.5. The summed E-state index contributed by atoms with van der Waals surface area (Å²) in [7, 11) is 0. The number of fused-ring (bicyclic) bond motifs is 1. The van der Waals surface area contributed by atoms with Crippen molar-refractivity contribution in [3.63, 3.8) is 0 Å². The average molecular weight is 447 g/mol. The molecule has 8 nitrogen and oxygen atoms in total. The Hall–Kier alpha value is -3.01. The summed E-state index contributed by atoms with van der Waals surface area (Å²) >= 11 is 13.6. The number of hydrogen-bond donors (Lipinski definition) is 2. The van der Waals surface area contributed by atoms with Crippen molar-refractivity contribution in [3.8, 4) is 11.3 Å². The van der Waals surface area contributed by atoms with Crippen molar-refractivity contribution in [3.05, 3.63) is 57.5 Å². The molecule has 29 heavy (non-hydrogen) atoms. The Kier molecular flexibility index (Phi) is 5.18. The van der Waals surface area contributed by atoms with E-state index in [-0.39, 0.29) is 17.7 Å². The molecule has 0 unspecified atom stereocenters. The predicted octanol–water partition coefficient (Wildman–Crippen LogP) is 4.37. The number of amides is 2. The van der Waals surface area contributed by atoms with Gasteiger partial charge in [0.15, 0.2) is 0 Å². The molecule has 3 heterocycles. The molecule has 0 radical (unpaired) electrons. The standard InChI is InChI=1S/C18H12Cl2N6O2S/c1-9(27)22-15-6-10(4-5-21-15)16(28)23-17-24-18-26(25-17)14(8-29-18)12-3-2-11(19)7-13(12)20/h2-8H,1H3,(H,21,22,27)(H,23,25,28). The second kappa shape index (κ2) is 7.78. The molecule has 2 N–H and O–H groups in total. The van der Waals surface area contributed by atoms with Crippen LogP contribution in [0.4, 0.5) is 11.8 Å². The molecular weight excluding hydrogens is 435 g/mol. The zero-order valence-electron chi connectivity index (χ0n) is 14.8. The van der Waals surface area contributed by atoms with Crippen molar-refractivity contribution in [2.24, 2.45) is 0 Å². The quantitative estimate of drug-likeness (QED) is 0.484. The molecule has 0 saturated carbocycles. The fourth-order valence-corrected chi connectivity index (χ4v) is 3.94. The lowest BCUT2D eigenvalue weighted by molar-refractivity contribution is -0.114. The van der Waals surface area contributed by atoms with Gasteiger partial charge in [-0.2, -0.15) is 4.98 Å². The number of pyridine rings is 1. The average Bonchev–Trinajstić information content (AvgIpc) is 3.22. The Morgan fingerprint density at radius 1 is 1.14 bits per heavy atom. The Balaban J connectivity index is 1.60. The van der Waals surface area contributed by atoms with Crippen LogP contribution in [0.1, 0.15) is 17.3 Å². The smallest absolute Gasteiger partial charge is 0.258 e. The summed E-state index contributed by atoms with van der Waals surface area (Å²) in [5.41, 5.74) is 1.79. The van der Waals surface area contributed by atoms with Crippen LogP contribution in [0.15, 0.2) is 41.9 Å². The number of aromatic nitrogens is 4. The van der Waals surface area contributed by atoms with E-state index in [1.165, 1.54) is 36.6 Å². The lowest BCUT2D eigenvalue weighted by atomic mass is 10.2. The van der Waals surface area contributed by atoms with Crippen molar-refractivity contribution < 1.29 is 9.59 Å². The number of benzene rings is 1. The lowest BCUT2D eigenvalue weighted by Gasteiger charge is -2.04. The molecule has 0 saturated heterocycles. The molecule has 11 heteroatoms. The Labute approximate surface area is 178 Å². The SMILES string of the molecule is CC(=O)Nc1cc(C(=O)Nc2nc3scc(-c4ccc(Cl)cc4Cl)n3n2)ccn1. The molecule has 0 aliphatic carbocycles. The molecule has 0 aliphatic rings. The number of thiazole rings is 1. The van der Waals surface area contributed by atoms with Gasteiger partial charge >= 0.3 is 0 Å². The minimum Gasteiger partial charge on any atom is -0.311 e. The van der Waals surface area contributed by atoms with Gasteiger partial charge in [-0.25, -0.2) is 9.50 Å². The van der Waals surface area contributed by atoms with Gasteiger partial charge in [-0.05, 0) is 30.3 Å². The van der Waals surface area contributed by atoms with Gasteiger partial charge < -0.3 is 5.32 Å². The molecule has 0 fully saturated rings. The summed E-state index contributed by atoms with van der Waals surface area (Å²) < 4.78 is 1.60. The van der Waals surface area contributed by atoms with E-state index in [0.29, 0.717) is 20.6 Å². The Morgan fingerprint density at radius 3 is 2.72 bits per heavy atom. The molecule has 0 aliphatic heterocycles. The van der Waals surface area contributed by atoms with E-state index >= 15 is 0 Å². The highest BCUT2D eigenvalue weighted by molar-refractivity contribution is 7.15. The molecule has 146 valence electrons. The molecule has 1 aromatic carbocycles. The van der Waals surface area contributed by atoms with E-state index in [1.54, 1.807) is 22.7 Å². The van der Waals surface area contributed by atoms with Gasteiger partial charge in [0, 0.05) is 34.7 Å². The van der Waals surface area contributed by atoms with Gasteiger partial charge in [0.05, 0.1) is 10.7 Å². The third-order valence-corrected chi connectivity index (χ3v) is 5.20. The number of nitrogens with one attached hydrogen (secondary N) is 2. The van der Waals surface area contributed by atoms with E-state index in [0.717, 1.165) is 11.3 Å². The minimum atomic E-state index is -0.427. The first-order valence-corrected chi connectivity index (χ1v) is 9.89. The fraction of sp³-hybridized carbons (Fsp3) is 0.0556. The normalized spacial score (nSPS) is 10.9. The predicted molar refractivity (Wildman–Crippen MR) is 113 cm³/mol. The molecular formula is C18H12Cl2N6O2S. The van der Waals surface area contributed by atoms with E-state index in [9.17, 15) is 9.59 Å². The highest BCUT2D eigenvalue weighted by Crippen LogP contribution is 2.33. The largest absolute Gasteiger partial charge is 0.311 e. The molecule has 4 aromatic rings. The summed E-state index contributed by atoms with van der Waals surface area (Å²) in [5, 5.41) is 12.4. The van der Waals surface area contributed by atoms with Crippen molar-refractivity contribution in [2.75, 3.05) is 10.6 Å². The van der Waals surface area contributed by atoms with Crippen LogP contribution in [0.25, 0.3) is 16.2 Å². The number of halogens is 2. The first-order valence-electron chi connectivity index (χ1n) is 8.25. The van der Waals surface area contributed by atoms with Crippen molar-refractivity contribution >= 4 is 63.1 Å². The number of anilines is 2. The monoisotopic (exact) mass is 446 g/mol. The number of rotatable bonds is 4. The van der Waals surface area contributed by atoms with Crippen molar-refractivity contribution in [2.45, 2.75) is 6.92 Å². The molecule has 4 rings (SSSR count). The van der Waals surface area contributed by atoms with Gasteiger partial charge in [-0.1, -0.05) is 23.2 Å². The summed E-state index contributed by atoms with van der Waals surface area (Å²) in [6.07, 6.45) is 1.43. The van der Waals surface area contributed by atoms with E-state index in [2.05, 4.69) is 25.7 Å². The van der Waals surface area contributed by atoms with E-state index < -0.39 is 5.91 Å². The third kappa shape index (κ3) is 4.07. The molecule has 0 spiro atoms. The lowest BCUT2D eigenvalue weighted by Crippen LogP contribution is -2.14. The Morgan fingerprint density at radius 2 is 1.97 bits per heavy atom. The van der Waals surface area contributed by atoms with Gasteiger partial charge in [-0.15, -0.1) is 16.4 Å². The zero-order chi connectivity index (χ0) is 20.5. The van der Waals surface area contributed by atoms with Crippen LogP contribution < -0.4 is 10.6 Å². The van der Waals surface area contributed by atoms with Gasteiger partial charge in [0.25, 0.3) is 11.9 Å². The molecule has 2 amide bonds. The first-order chi connectivity index (χ1) is 13.9. The number of carbonyl (C=O) groups excluding carboxylic acids is 2. The topological polar surface area (TPSA) is 101 Å². The van der Waals surface area contributed by atoms with Crippen LogP contribution in [0.5, 0.6) is 0 Å². The van der Waals surface area contributed by atoms with E-state index in [4.69, 9.17) is 23.2 Å². The number of hydrogen-bond acceptors (Lipinski definition) is 6. The summed E-state index contributed by atoms with van der Waals surface area (Å²) in [5.74, 6) is -0.280. The summed E-state index contributed by atoms with van der Waals surface area (Å²) in [6.45, 7) is 1.36. The molecule has 0 atom stereocenters. The van der Waals surface area contributed by atoms with Crippen LogP contribution in [0, 0.1) is 0 Å². The van der Waals surface area contributed by atoms with Crippen molar-refractivity contribution in [1.29, 1.82) is 0 Å². The van der Waals surface area contributed by atoms with Crippen molar-refractivity contribution in [1.82, 2.24) is 19.6 Å². The summed E-state index contributed by atoms with van der Waals surface area (Å²) in [4.78, 5) is 32.6. The zero-order valence-corrected chi connectivity index (χ0v) is 17.1. The minimum absolute atomic E-state index is 0.145. The highest BCUT2D eigenvalue weighted by Gasteiger charge is 2.16. The van der Waals surface area contributed by atoms with E-state index in [1.807, 2.05) is 5.38 Å². The second-order valence-corrected chi connectivity index (χ2v) is 7.62. The third-order valence-electron chi connectivity index (χ3n) is 3.84. The Bertz CT molecular complexity index is 1250. The van der Waals surface area contributed by atoms with Gasteiger partial charge in [-0.3, -0.25) is 14.9 Å². The summed E-state index contributed by atoms with van der Waals surface area (Å²) in [6, 6.07) is 8.18. The molecule has 0 bridgehead atoms. The van der Waals surface area contributed by atoms with Crippen LogP contribution in [0.3, 0.4) is 0 Å². The molecule has 3 aromatic heterocycles. The van der Waals surface area contributed by atoms with Gasteiger partial charge in [0.2, 0.25) is 10.9 Å². The van der Waals surface area contributed by atoms with Gasteiger partial charge in [0.1, 0.15) is 5.82 Å². The fourth-order valence-electron chi connectivity index (χ4n) is 2.61. The second-order valence-electron chi connectivity index (χ2n) is 5.94. The van der Waals surface area contributed by atoms with Crippen LogP contribution in [0.2, 0.25) is 10.0 Å². The van der Waals surface area contributed by atoms with Crippen LogP contribution in [-0.2, 0) is 4.79 Å². The van der Waals surface area contributed by atoms with Crippen LogP contribution >= 0.6 is 34.5 Å². The first kappa shape index (κ1) is 19.3. The maximum atomic E-state index is 12.5. The maximum absolute atomic E-state index is 12.5. The number of nitrogens with zero attached hydrogens (tertiary/aromatic N) is 4. The maximum Gasteiger partial charge on any atom is 0.258 e. The van der Waals surface area contributed by atoms with Crippen LogP contribution in [-0.4, -0.2) is 31.4 Å².